The van der Waals surface area contributed by atoms with E-state index >= 15 is 0 Å². The van der Waals surface area contributed by atoms with Crippen molar-refractivity contribution in [3.63, 3.8) is 0 Å². The van der Waals surface area contributed by atoms with Gasteiger partial charge in [0.1, 0.15) is 10.6 Å². The van der Waals surface area contributed by atoms with Crippen molar-refractivity contribution in [1.29, 1.82) is 0 Å². The summed E-state index contributed by atoms with van der Waals surface area (Å²) in [6.07, 6.45) is 3.92. The lowest BCUT2D eigenvalue weighted by Crippen LogP contribution is -2.45. The highest BCUT2D eigenvalue weighted by Gasteiger charge is 2.27. The van der Waals surface area contributed by atoms with Crippen LogP contribution in [0.4, 0.5) is 4.79 Å². The number of piperidine rings is 1. The predicted octanol–water partition coefficient (Wildman–Crippen LogP) is 3.75. The summed E-state index contributed by atoms with van der Waals surface area (Å²) in [5.41, 5.74) is -0.431. The number of likely N-dealkylation sites (tertiary alicyclic amines) is 1. The van der Waals surface area contributed by atoms with Crippen LogP contribution in [0.25, 0.3) is 0 Å². The maximum absolute atomic E-state index is 12.2. The van der Waals surface area contributed by atoms with Gasteiger partial charge in [-0.05, 0) is 53.4 Å². The molecule has 23 heavy (non-hydrogen) atoms. The topological polar surface area (TPSA) is 54.5 Å². The zero-order chi connectivity index (χ0) is 17.0. The zero-order valence-corrected chi connectivity index (χ0v) is 15.7. The molecule has 1 aliphatic heterocycles. The smallest absolute Gasteiger partial charge is 0.410 e. The second kappa shape index (κ2) is 7.62. The molecule has 2 atom stereocenters. The van der Waals surface area contributed by atoms with Crippen LogP contribution in [-0.2, 0) is 4.74 Å². The number of nitrogens with zero attached hydrogens (tertiary/aromatic N) is 2. The molecule has 2 rings (SSSR count). The molecule has 5 nitrogen and oxygen atoms in total. The fraction of sp³-hybridized carbons (Fsp3) is 0.765. The highest BCUT2D eigenvalue weighted by atomic mass is 32.1. The lowest BCUT2D eigenvalue weighted by Gasteiger charge is -2.34. The van der Waals surface area contributed by atoms with Crippen molar-refractivity contribution < 1.29 is 9.53 Å². The SMILES string of the molecule is Cc1cnc(C(C)NCC2CCCN(C(=O)OC(C)(C)C)C2)s1. The van der Waals surface area contributed by atoms with Gasteiger partial charge in [-0.2, -0.15) is 0 Å². The van der Waals surface area contributed by atoms with Gasteiger partial charge in [0, 0.05) is 30.7 Å². The van der Waals surface area contributed by atoms with E-state index < -0.39 is 5.60 Å². The number of carbonyl (C=O) groups is 1. The van der Waals surface area contributed by atoms with E-state index in [2.05, 4.69) is 24.1 Å². The highest BCUT2D eigenvalue weighted by molar-refractivity contribution is 7.11. The van der Waals surface area contributed by atoms with E-state index in [4.69, 9.17) is 4.74 Å². The summed E-state index contributed by atoms with van der Waals surface area (Å²) in [5, 5.41) is 4.69. The van der Waals surface area contributed by atoms with Crippen molar-refractivity contribution in [1.82, 2.24) is 15.2 Å². The molecule has 130 valence electrons. The van der Waals surface area contributed by atoms with Gasteiger partial charge in [-0.15, -0.1) is 11.3 Å². The lowest BCUT2D eigenvalue weighted by molar-refractivity contribution is 0.0165. The number of nitrogens with one attached hydrogen (secondary N) is 1. The number of thiazole rings is 1. The van der Waals surface area contributed by atoms with E-state index in [-0.39, 0.29) is 12.1 Å². The molecule has 1 aromatic rings. The number of carbonyl (C=O) groups excluding carboxylic acids is 1. The van der Waals surface area contributed by atoms with Gasteiger partial charge in [0.05, 0.1) is 6.04 Å². The van der Waals surface area contributed by atoms with Crippen LogP contribution in [0.2, 0.25) is 0 Å². The first-order valence-corrected chi connectivity index (χ1v) is 9.20. The number of hydrogen-bond donors (Lipinski definition) is 1. The van der Waals surface area contributed by atoms with Crippen molar-refractivity contribution >= 4 is 17.4 Å². The summed E-state index contributed by atoms with van der Waals surface area (Å²) in [7, 11) is 0. The van der Waals surface area contributed by atoms with E-state index in [1.165, 1.54) is 4.88 Å². The molecule has 2 unspecified atom stereocenters. The molecule has 1 N–H and O–H groups in total. The average molecular weight is 340 g/mol. The maximum atomic E-state index is 12.2. The predicted molar refractivity (Wildman–Crippen MR) is 93.8 cm³/mol. The van der Waals surface area contributed by atoms with Gasteiger partial charge in [-0.25, -0.2) is 9.78 Å². The molecule has 0 spiro atoms. The van der Waals surface area contributed by atoms with E-state index in [0.29, 0.717) is 5.92 Å². The Bertz CT molecular complexity index is 524. The fourth-order valence-corrected chi connectivity index (χ4v) is 3.53. The van der Waals surface area contributed by atoms with Crippen molar-refractivity contribution in [2.75, 3.05) is 19.6 Å². The lowest BCUT2D eigenvalue weighted by atomic mass is 9.98. The van der Waals surface area contributed by atoms with Crippen LogP contribution in [0.15, 0.2) is 6.20 Å². The van der Waals surface area contributed by atoms with Crippen LogP contribution in [0, 0.1) is 12.8 Å². The Morgan fingerprint density at radius 1 is 1.57 bits per heavy atom. The first kappa shape index (κ1) is 18.2. The second-order valence-electron chi connectivity index (χ2n) is 7.37. The van der Waals surface area contributed by atoms with Crippen LogP contribution in [0.3, 0.4) is 0 Å². The number of amides is 1. The second-order valence-corrected chi connectivity index (χ2v) is 8.64. The number of aromatic nitrogens is 1. The van der Waals surface area contributed by atoms with E-state index in [0.717, 1.165) is 37.5 Å². The largest absolute Gasteiger partial charge is 0.444 e. The Morgan fingerprint density at radius 2 is 2.30 bits per heavy atom. The number of ether oxygens (including phenoxy) is 1. The molecule has 1 amide bonds. The minimum absolute atomic E-state index is 0.189. The first-order valence-electron chi connectivity index (χ1n) is 8.38. The molecule has 0 radical (unpaired) electrons. The monoisotopic (exact) mass is 339 g/mol. The molecule has 0 saturated carbocycles. The molecule has 0 aliphatic carbocycles. The Hall–Kier alpha value is -1.14. The molecular weight excluding hydrogens is 310 g/mol. The van der Waals surface area contributed by atoms with Crippen LogP contribution in [0.5, 0.6) is 0 Å². The molecule has 0 aromatic carbocycles. The van der Waals surface area contributed by atoms with Crippen molar-refractivity contribution in [2.45, 2.75) is 59.1 Å². The van der Waals surface area contributed by atoms with Gasteiger partial charge >= 0.3 is 6.09 Å². The van der Waals surface area contributed by atoms with Crippen LogP contribution >= 0.6 is 11.3 Å². The summed E-state index contributed by atoms with van der Waals surface area (Å²) in [4.78, 5) is 19.7. The van der Waals surface area contributed by atoms with Gasteiger partial charge < -0.3 is 15.0 Å². The van der Waals surface area contributed by atoms with Crippen molar-refractivity contribution in [3.8, 4) is 0 Å². The van der Waals surface area contributed by atoms with Gasteiger partial charge in [0.25, 0.3) is 0 Å². The minimum Gasteiger partial charge on any atom is -0.444 e. The zero-order valence-electron chi connectivity index (χ0n) is 14.9. The molecule has 0 bridgehead atoms. The van der Waals surface area contributed by atoms with E-state index in [1.807, 2.05) is 31.9 Å². The van der Waals surface area contributed by atoms with Crippen molar-refractivity contribution in [3.05, 3.63) is 16.1 Å². The third-order valence-electron chi connectivity index (χ3n) is 3.89. The van der Waals surface area contributed by atoms with Gasteiger partial charge in [-0.1, -0.05) is 0 Å². The summed E-state index contributed by atoms with van der Waals surface area (Å²) < 4.78 is 5.48. The summed E-state index contributed by atoms with van der Waals surface area (Å²) in [6.45, 7) is 12.4. The van der Waals surface area contributed by atoms with E-state index in [1.54, 1.807) is 11.3 Å². The number of hydrogen-bond acceptors (Lipinski definition) is 5. The van der Waals surface area contributed by atoms with E-state index in [9.17, 15) is 4.79 Å². The fourth-order valence-electron chi connectivity index (χ4n) is 2.73. The Balaban J connectivity index is 1.81. The number of aryl methyl sites for hydroxylation is 1. The van der Waals surface area contributed by atoms with Crippen LogP contribution < -0.4 is 5.32 Å². The molecule has 2 heterocycles. The average Bonchev–Trinajstić information content (AvgIpc) is 2.90. The number of rotatable bonds is 4. The van der Waals surface area contributed by atoms with Gasteiger partial charge in [-0.3, -0.25) is 0 Å². The molecule has 6 heteroatoms. The summed E-state index contributed by atoms with van der Waals surface area (Å²) >= 11 is 1.74. The Labute approximate surface area is 143 Å². The van der Waals surface area contributed by atoms with Gasteiger partial charge in [0.15, 0.2) is 0 Å². The van der Waals surface area contributed by atoms with Crippen molar-refractivity contribution in [2.24, 2.45) is 5.92 Å². The third-order valence-corrected chi connectivity index (χ3v) is 4.99. The minimum atomic E-state index is -0.431. The Morgan fingerprint density at radius 3 is 2.91 bits per heavy atom. The molecule has 1 fully saturated rings. The third kappa shape index (κ3) is 5.77. The summed E-state index contributed by atoms with van der Waals surface area (Å²) in [5.74, 6) is 0.472. The maximum Gasteiger partial charge on any atom is 0.410 e. The van der Waals surface area contributed by atoms with Crippen LogP contribution in [0.1, 0.15) is 56.5 Å². The molecular formula is C17H29N3O2S. The molecule has 1 saturated heterocycles. The van der Waals surface area contributed by atoms with Gasteiger partial charge in [0.2, 0.25) is 0 Å². The summed E-state index contributed by atoms with van der Waals surface area (Å²) in [6, 6.07) is 0.255. The van der Waals surface area contributed by atoms with Crippen LogP contribution in [-0.4, -0.2) is 41.2 Å². The highest BCUT2D eigenvalue weighted by Crippen LogP contribution is 2.22. The normalized spacial score (nSPS) is 20.4. The first-order chi connectivity index (χ1) is 10.7. The molecule has 1 aromatic heterocycles. The molecule has 1 aliphatic rings. The quantitative estimate of drug-likeness (QED) is 0.908. The Kier molecular flexibility index (Phi) is 6.03. The standard InChI is InChI=1S/C17H29N3O2S/c1-12-9-19-15(23-12)13(2)18-10-14-7-6-8-20(11-14)16(21)22-17(3,4)5/h9,13-14,18H,6-8,10-11H2,1-5H3.